The molecule has 0 saturated heterocycles. The number of nitrogens with zero attached hydrogens (tertiary/aromatic N) is 1. The smallest absolute Gasteiger partial charge is 0.0708 e. The average molecular weight is 198 g/mol. The van der Waals surface area contributed by atoms with Crippen LogP contribution < -0.4 is 5.32 Å². The molecule has 3 rings (SSSR count). The molecule has 1 heteroatoms. The predicted octanol–water partition coefficient (Wildman–Crippen LogP) is 3.71. The Hall–Kier alpha value is -1.24. The van der Waals surface area contributed by atoms with Gasteiger partial charge >= 0.3 is 0 Å². The van der Waals surface area contributed by atoms with Gasteiger partial charge in [0.15, 0.2) is 0 Å². The second kappa shape index (κ2) is 3.13. The van der Waals surface area contributed by atoms with Crippen LogP contribution in [0.1, 0.15) is 32.3 Å². The Bertz CT molecular complexity index is 429. The van der Waals surface area contributed by atoms with Gasteiger partial charge in [0.1, 0.15) is 0 Å². The SMILES string of the molecule is CC(C)C1CCC2=C1c1ccccc1[N]2. The minimum atomic E-state index is 0.729. The van der Waals surface area contributed by atoms with Gasteiger partial charge in [-0.1, -0.05) is 32.0 Å². The molecule has 1 heterocycles. The maximum Gasteiger partial charge on any atom is 0.0708 e. The molecule has 1 radical (unpaired) electrons. The van der Waals surface area contributed by atoms with E-state index in [2.05, 4.69) is 38.1 Å². The van der Waals surface area contributed by atoms with Gasteiger partial charge < -0.3 is 0 Å². The van der Waals surface area contributed by atoms with E-state index in [-0.39, 0.29) is 0 Å². The van der Waals surface area contributed by atoms with Crippen LogP contribution in [0.25, 0.3) is 5.57 Å². The molecule has 0 spiro atoms. The molecular weight excluding hydrogens is 182 g/mol. The lowest BCUT2D eigenvalue weighted by Crippen LogP contribution is -2.06. The molecular formula is C14H16N. The van der Waals surface area contributed by atoms with Gasteiger partial charge in [0.2, 0.25) is 0 Å². The number of allylic oxidation sites excluding steroid dienone is 2. The lowest BCUT2D eigenvalue weighted by molar-refractivity contribution is 0.468. The van der Waals surface area contributed by atoms with E-state index in [0.29, 0.717) is 0 Å². The topological polar surface area (TPSA) is 14.1 Å². The Morgan fingerprint density at radius 3 is 2.87 bits per heavy atom. The fraction of sp³-hybridized carbons (Fsp3) is 0.429. The average Bonchev–Trinajstić information content (AvgIpc) is 2.74. The number of benzene rings is 1. The highest BCUT2D eigenvalue weighted by molar-refractivity contribution is 5.84. The molecule has 0 aromatic heterocycles. The van der Waals surface area contributed by atoms with Crippen molar-refractivity contribution in [3.05, 3.63) is 35.5 Å². The summed E-state index contributed by atoms with van der Waals surface area (Å²) in [6.07, 6.45) is 2.47. The number of fused-ring (bicyclic) bond motifs is 2. The second-order valence-electron chi connectivity index (χ2n) is 4.88. The van der Waals surface area contributed by atoms with Crippen molar-refractivity contribution < 1.29 is 0 Å². The van der Waals surface area contributed by atoms with Crippen molar-refractivity contribution in [1.82, 2.24) is 5.32 Å². The monoisotopic (exact) mass is 198 g/mol. The lowest BCUT2D eigenvalue weighted by Gasteiger charge is -2.18. The Morgan fingerprint density at radius 2 is 2.07 bits per heavy atom. The number of rotatable bonds is 1. The molecule has 1 aromatic rings. The fourth-order valence-corrected chi connectivity index (χ4v) is 2.87. The van der Waals surface area contributed by atoms with Crippen LogP contribution in [-0.2, 0) is 0 Å². The largest absolute Gasteiger partial charge is 0.253 e. The van der Waals surface area contributed by atoms with Gasteiger partial charge in [0.05, 0.1) is 5.69 Å². The van der Waals surface area contributed by atoms with E-state index in [4.69, 9.17) is 5.32 Å². The van der Waals surface area contributed by atoms with Gasteiger partial charge in [-0.05, 0) is 36.3 Å². The number of para-hydroxylation sites is 1. The summed E-state index contributed by atoms with van der Waals surface area (Å²) in [6.45, 7) is 4.64. The molecule has 0 fully saturated rings. The van der Waals surface area contributed by atoms with E-state index >= 15 is 0 Å². The maximum atomic E-state index is 4.73. The second-order valence-corrected chi connectivity index (χ2v) is 4.88. The van der Waals surface area contributed by atoms with Crippen LogP contribution in [0, 0.1) is 11.8 Å². The van der Waals surface area contributed by atoms with Crippen molar-refractivity contribution in [2.45, 2.75) is 26.7 Å². The molecule has 0 N–H and O–H groups in total. The molecule has 1 aromatic carbocycles. The molecule has 0 saturated carbocycles. The minimum Gasteiger partial charge on any atom is -0.253 e. The summed E-state index contributed by atoms with van der Waals surface area (Å²) >= 11 is 0. The zero-order valence-electron chi connectivity index (χ0n) is 9.33. The molecule has 1 unspecified atom stereocenters. The third-order valence-corrected chi connectivity index (χ3v) is 3.63. The molecule has 2 aliphatic rings. The van der Waals surface area contributed by atoms with Crippen LogP contribution in [0.2, 0.25) is 0 Å². The zero-order valence-corrected chi connectivity index (χ0v) is 9.33. The summed E-state index contributed by atoms with van der Waals surface area (Å²) < 4.78 is 0. The van der Waals surface area contributed by atoms with E-state index < -0.39 is 0 Å². The molecule has 1 atom stereocenters. The summed E-state index contributed by atoms with van der Waals surface area (Å²) in [4.78, 5) is 0. The molecule has 1 aliphatic carbocycles. The van der Waals surface area contributed by atoms with E-state index in [1.165, 1.54) is 29.8 Å². The molecule has 1 nitrogen and oxygen atoms in total. The molecule has 0 amide bonds. The fourth-order valence-electron chi connectivity index (χ4n) is 2.87. The lowest BCUT2D eigenvalue weighted by atomic mass is 9.86. The third-order valence-electron chi connectivity index (χ3n) is 3.63. The van der Waals surface area contributed by atoms with Gasteiger partial charge in [0.25, 0.3) is 0 Å². The minimum absolute atomic E-state index is 0.729. The number of hydrogen-bond donors (Lipinski definition) is 0. The Kier molecular flexibility index (Phi) is 1.88. The molecule has 15 heavy (non-hydrogen) atoms. The molecule has 0 bridgehead atoms. The van der Waals surface area contributed by atoms with Crippen molar-refractivity contribution in [2.24, 2.45) is 11.8 Å². The highest BCUT2D eigenvalue weighted by atomic mass is 14.9. The Balaban J connectivity index is 2.07. The van der Waals surface area contributed by atoms with Gasteiger partial charge in [-0.2, -0.15) is 0 Å². The summed E-state index contributed by atoms with van der Waals surface area (Å²) in [5, 5.41) is 4.73. The summed E-state index contributed by atoms with van der Waals surface area (Å²) in [5.41, 5.74) is 5.48. The quantitative estimate of drug-likeness (QED) is 0.653. The van der Waals surface area contributed by atoms with E-state index in [0.717, 1.165) is 11.8 Å². The van der Waals surface area contributed by atoms with Crippen molar-refractivity contribution in [1.29, 1.82) is 0 Å². The first kappa shape index (κ1) is 9.02. The molecule has 77 valence electrons. The van der Waals surface area contributed by atoms with E-state index in [1.807, 2.05) is 0 Å². The van der Waals surface area contributed by atoms with Crippen molar-refractivity contribution in [2.75, 3.05) is 0 Å². The first-order chi connectivity index (χ1) is 7.27. The van der Waals surface area contributed by atoms with Crippen LogP contribution in [0.5, 0.6) is 0 Å². The van der Waals surface area contributed by atoms with Gasteiger partial charge in [-0.25, -0.2) is 0 Å². The standard InChI is InChI=1S/C14H16N/c1-9(2)10-7-8-13-14(10)11-5-3-4-6-12(11)15-13/h3-6,9-10H,7-8H2,1-2H3. The number of hydrogen-bond acceptors (Lipinski definition) is 0. The third kappa shape index (κ3) is 1.22. The highest BCUT2D eigenvalue weighted by Gasteiger charge is 2.34. The van der Waals surface area contributed by atoms with Crippen LogP contribution in [-0.4, -0.2) is 0 Å². The Labute approximate surface area is 91.2 Å². The summed E-state index contributed by atoms with van der Waals surface area (Å²) in [5.74, 6) is 1.46. The first-order valence-corrected chi connectivity index (χ1v) is 5.81. The van der Waals surface area contributed by atoms with Crippen molar-refractivity contribution >= 4 is 11.3 Å². The van der Waals surface area contributed by atoms with Crippen molar-refractivity contribution in [3.63, 3.8) is 0 Å². The van der Waals surface area contributed by atoms with Crippen molar-refractivity contribution in [3.8, 4) is 0 Å². The normalized spacial score (nSPS) is 23.0. The highest BCUT2D eigenvalue weighted by Crippen LogP contribution is 2.49. The van der Waals surface area contributed by atoms with Gasteiger partial charge in [-0.3, -0.25) is 5.32 Å². The van der Waals surface area contributed by atoms with Crippen LogP contribution >= 0.6 is 0 Å². The van der Waals surface area contributed by atoms with Crippen LogP contribution in [0.15, 0.2) is 30.0 Å². The van der Waals surface area contributed by atoms with Gasteiger partial charge in [-0.15, -0.1) is 0 Å². The first-order valence-electron chi connectivity index (χ1n) is 5.81. The predicted molar refractivity (Wildman–Crippen MR) is 62.7 cm³/mol. The molecule has 1 aliphatic heterocycles. The Morgan fingerprint density at radius 1 is 1.27 bits per heavy atom. The zero-order chi connectivity index (χ0) is 10.4. The van der Waals surface area contributed by atoms with Gasteiger partial charge in [0, 0.05) is 11.3 Å². The summed E-state index contributed by atoms with van der Waals surface area (Å²) in [7, 11) is 0. The van der Waals surface area contributed by atoms with Crippen LogP contribution in [0.3, 0.4) is 0 Å². The maximum absolute atomic E-state index is 4.73. The summed E-state index contributed by atoms with van der Waals surface area (Å²) in [6, 6.07) is 8.56. The van der Waals surface area contributed by atoms with E-state index in [9.17, 15) is 0 Å². The van der Waals surface area contributed by atoms with E-state index in [1.54, 1.807) is 5.57 Å². The van der Waals surface area contributed by atoms with Crippen LogP contribution in [0.4, 0.5) is 5.69 Å².